The summed E-state index contributed by atoms with van der Waals surface area (Å²) in [6.45, 7) is 5.30. The molecule has 4 unspecified atom stereocenters. The summed E-state index contributed by atoms with van der Waals surface area (Å²) < 4.78 is 0. The van der Waals surface area contributed by atoms with Crippen LogP contribution in [-0.2, 0) is 11.2 Å². The molecule has 1 N–H and O–H groups in total. The maximum atomic E-state index is 12.9. The van der Waals surface area contributed by atoms with Crippen LogP contribution in [0.2, 0.25) is 0 Å². The molecule has 4 rings (SSSR count). The van der Waals surface area contributed by atoms with Gasteiger partial charge in [-0.25, -0.2) is 0 Å². The van der Waals surface area contributed by atoms with Crippen LogP contribution >= 0.6 is 11.8 Å². The van der Waals surface area contributed by atoms with E-state index in [-0.39, 0.29) is 17.9 Å². The second-order valence-electron chi connectivity index (χ2n) is 8.37. The number of aliphatic hydroxyl groups excluding tert-OH is 1. The van der Waals surface area contributed by atoms with Gasteiger partial charge >= 0.3 is 0 Å². The Balaban J connectivity index is 1.50. The largest absolute Gasteiger partial charge is 0.388 e. The number of nitrogens with zero attached hydrogens (tertiary/aromatic N) is 2. The molecule has 31 heavy (non-hydrogen) atoms. The van der Waals surface area contributed by atoms with E-state index >= 15 is 0 Å². The maximum Gasteiger partial charge on any atom is 0.298 e. The molecule has 0 saturated carbocycles. The highest BCUT2D eigenvalue weighted by Crippen LogP contribution is 2.37. The first-order valence-electron chi connectivity index (χ1n) is 11.0. The fourth-order valence-electron chi connectivity index (χ4n) is 4.21. The number of thioether (sulfide) groups is 1. The van der Waals surface area contributed by atoms with Gasteiger partial charge in [-0.2, -0.15) is 0 Å². The van der Waals surface area contributed by atoms with Gasteiger partial charge in [0.2, 0.25) is 5.91 Å². The minimum atomic E-state index is -0.686. The quantitative estimate of drug-likeness (QED) is 0.672. The van der Waals surface area contributed by atoms with Crippen molar-refractivity contribution in [2.24, 2.45) is 5.92 Å². The van der Waals surface area contributed by atoms with Crippen molar-refractivity contribution in [2.75, 3.05) is 13.1 Å². The smallest absolute Gasteiger partial charge is 0.298 e. The van der Waals surface area contributed by atoms with Crippen molar-refractivity contribution in [3.05, 3.63) is 76.1 Å². The van der Waals surface area contributed by atoms with Crippen molar-refractivity contribution in [1.82, 2.24) is 4.90 Å². The molecule has 2 aliphatic rings. The van der Waals surface area contributed by atoms with E-state index in [2.05, 4.69) is 30.0 Å². The maximum absolute atomic E-state index is 12.9. The molecule has 1 amide bonds. The molecular weight excluding hydrogens is 404 g/mol. The van der Waals surface area contributed by atoms with Crippen molar-refractivity contribution in [2.45, 2.75) is 49.0 Å². The fourth-order valence-corrected chi connectivity index (χ4v) is 5.33. The molecule has 0 fully saturated rings. The van der Waals surface area contributed by atoms with Crippen LogP contribution in [-0.4, -0.2) is 40.3 Å². The second kappa shape index (κ2) is 9.72. The Morgan fingerprint density at radius 1 is 1.29 bits per heavy atom. The summed E-state index contributed by atoms with van der Waals surface area (Å²) in [6, 6.07) is 18.8. The van der Waals surface area contributed by atoms with E-state index in [0.29, 0.717) is 18.3 Å². The van der Waals surface area contributed by atoms with Gasteiger partial charge in [-0.1, -0.05) is 61.2 Å². The van der Waals surface area contributed by atoms with E-state index in [1.54, 1.807) is 11.0 Å². The minimum absolute atomic E-state index is 0.0777. The molecule has 4 nitrogen and oxygen atoms in total. The van der Waals surface area contributed by atoms with Gasteiger partial charge in [-0.3, -0.25) is 4.79 Å². The monoisotopic (exact) mass is 433 g/mol. The molecule has 4 atom stereocenters. The first-order chi connectivity index (χ1) is 15.0. The highest BCUT2D eigenvalue weighted by molar-refractivity contribution is 8.00. The van der Waals surface area contributed by atoms with Crippen LogP contribution in [0.15, 0.2) is 59.5 Å². The third kappa shape index (κ3) is 5.03. The number of carbonyl (C=O) groups excluding carboxylic acids is 1. The first-order valence-corrected chi connectivity index (χ1v) is 11.8. The van der Waals surface area contributed by atoms with Gasteiger partial charge in [0.25, 0.3) is 12.6 Å². The summed E-state index contributed by atoms with van der Waals surface area (Å²) in [6.07, 6.45) is 4.95. The van der Waals surface area contributed by atoms with E-state index in [0.717, 1.165) is 24.0 Å². The zero-order chi connectivity index (χ0) is 21.8. The van der Waals surface area contributed by atoms with Crippen LogP contribution in [0, 0.1) is 12.0 Å². The van der Waals surface area contributed by atoms with Crippen molar-refractivity contribution in [3.63, 3.8) is 0 Å². The van der Waals surface area contributed by atoms with Gasteiger partial charge in [0, 0.05) is 22.1 Å². The van der Waals surface area contributed by atoms with Gasteiger partial charge in [-0.05, 0) is 41.7 Å². The van der Waals surface area contributed by atoms with E-state index in [1.807, 2.05) is 61.2 Å². The van der Waals surface area contributed by atoms with Crippen LogP contribution in [0.4, 0.5) is 0 Å². The Morgan fingerprint density at radius 3 is 2.90 bits per heavy atom. The number of amides is 1. The highest BCUT2D eigenvalue weighted by Gasteiger charge is 2.37. The van der Waals surface area contributed by atoms with Gasteiger partial charge in [0.1, 0.15) is 0 Å². The van der Waals surface area contributed by atoms with E-state index in [9.17, 15) is 9.90 Å². The SMILES string of the molecule is CC1CCc2cc(C(O)C(C)C3C#[N+]CCN3C(=O)C=Cc3ccccc3)ccc2S1. The predicted octanol–water partition coefficient (Wildman–Crippen LogP) is 5.04. The average molecular weight is 434 g/mol. The molecule has 160 valence electrons. The summed E-state index contributed by atoms with van der Waals surface area (Å²) in [5.74, 6) is -0.294. The number of aryl methyl sites for hydroxylation is 1. The lowest BCUT2D eigenvalue weighted by molar-refractivity contribution is -0.128. The summed E-state index contributed by atoms with van der Waals surface area (Å²) in [4.78, 5) is 20.3. The molecule has 0 saturated heterocycles. The number of fused-ring (bicyclic) bond motifs is 1. The van der Waals surface area contributed by atoms with E-state index in [4.69, 9.17) is 0 Å². The Morgan fingerprint density at radius 2 is 2.10 bits per heavy atom. The van der Waals surface area contributed by atoms with Crippen molar-refractivity contribution < 1.29 is 9.90 Å². The van der Waals surface area contributed by atoms with Crippen LogP contribution in [0.5, 0.6) is 0 Å². The summed E-state index contributed by atoms with van der Waals surface area (Å²) in [7, 11) is 0. The van der Waals surface area contributed by atoms with Crippen molar-refractivity contribution in [1.29, 1.82) is 0 Å². The van der Waals surface area contributed by atoms with Gasteiger partial charge in [0.15, 0.2) is 6.04 Å². The molecule has 2 aliphatic heterocycles. The standard InChI is InChI=1S/C26H29N2O2S/c1-18-8-10-21-16-22(11-12-24(21)31-18)26(30)19(2)23-17-27-14-15-28(23)25(29)13-9-20-6-4-3-5-7-20/h3-7,9,11-13,16,18-19,23,26,30H,8,10,14-15H2,1-2H3/q+1. The number of rotatable bonds is 5. The number of benzene rings is 2. The third-order valence-electron chi connectivity index (χ3n) is 6.08. The van der Waals surface area contributed by atoms with Crippen molar-refractivity contribution in [3.8, 4) is 6.07 Å². The van der Waals surface area contributed by atoms with Crippen LogP contribution in [0.3, 0.4) is 0 Å². The summed E-state index contributed by atoms with van der Waals surface area (Å²) in [5, 5.41) is 11.8. The summed E-state index contributed by atoms with van der Waals surface area (Å²) >= 11 is 1.91. The Labute approximate surface area is 188 Å². The van der Waals surface area contributed by atoms with Crippen LogP contribution in [0.1, 0.15) is 43.1 Å². The normalized spacial score (nSPS) is 22.4. The number of hydrogen-bond acceptors (Lipinski definition) is 3. The average Bonchev–Trinajstić information content (AvgIpc) is 2.82. The summed E-state index contributed by atoms with van der Waals surface area (Å²) in [5.41, 5.74) is 3.20. The molecule has 0 bridgehead atoms. The first kappa shape index (κ1) is 21.7. The highest BCUT2D eigenvalue weighted by atomic mass is 32.2. The Hall–Kier alpha value is -2.55. The topological polar surface area (TPSA) is 44.9 Å². The molecule has 0 aliphatic carbocycles. The molecule has 0 spiro atoms. The molecule has 2 heterocycles. The number of aliphatic hydroxyl groups is 1. The molecule has 5 heteroatoms. The molecule has 0 aromatic heterocycles. The second-order valence-corrected chi connectivity index (χ2v) is 9.85. The fraction of sp³-hybridized carbons (Fsp3) is 0.385. The Bertz CT molecular complexity index is 1020. The molecule has 0 radical (unpaired) electrons. The van der Waals surface area contributed by atoms with Crippen molar-refractivity contribution >= 4 is 23.7 Å². The molecular formula is C26H29N2O2S+. The molecule has 2 aromatic carbocycles. The third-order valence-corrected chi connectivity index (χ3v) is 7.37. The lowest BCUT2D eigenvalue weighted by Crippen LogP contribution is -2.46. The van der Waals surface area contributed by atoms with Gasteiger partial charge in [0.05, 0.1) is 12.6 Å². The van der Waals surface area contributed by atoms with E-state index < -0.39 is 6.10 Å². The van der Waals surface area contributed by atoms with E-state index in [1.165, 1.54) is 10.5 Å². The Kier molecular flexibility index (Phi) is 6.80. The lowest BCUT2D eigenvalue weighted by atomic mass is 9.88. The number of hydrogen-bond donors (Lipinski definition) is 1. The lowest BCUT2D eigenvalue weighted by Gasteiger charge is -2.31. The van der Waals surface area contributed by atoms with Crippen LogP contribution in [0.25, 0.3) is 10.9 Å². The van der Waals surface area contributed by atoms with Gasteiger partial charge < -0.3 is 10.0 Å². The zero-order valence-electron chi connectivity index (χ0n) is 18.1. The minimum Gasteiger partial charge on any atom is -0.388 e. The predicted molar refractivity (Wildman–Crippen MR) is 127 cm³/mol. The number of carbonyl (C=O) groups is 1. The zero-order valence-corrected chi connectivity index (χ0v) is 18.9. The van der Waals surface area contributed by atoms with Gasteiger partial charge in [-0.15, -0.1) is 11.8 Å². The van der Waals surface area contributed by atoms with Crippen LogP contribution < -0.4 is 0 Å². The molecule has 2 aromatic rings.